The van der Waals surface area contributed by atoms with Gasteiger partial charge in [-0.1, -0.05) is 6.07 Å². The summed E-state index contributed by atoms with van der Waals surface area (Å²) in [5.41, 5.74) is -0.738. The Morgan fingerprint density at radius 3 is 2.38 bits per heavy atom. The first kappa shape index (κ1) is 14.8. The summed E-state index contributed by atoms with van der Waals surface area (Å²) in [4.78, 5) is 0. The first-order chi connectivity index (χ1) is 9.80. The second-order valence-electron chi connectivity index (χ2n) is 3.92. The van der Waals surface area contributed by atoms with Gasteiger partial charge in [0.2, 0.25) is 0 Å². The fourth-order valence-electron chi connectivity index (χ4n) is 1.65. The molecule has 0 heterocycles. The zero-order chi connectivity index (χ0) is 15.6. The van der Waals surface area contributed by atoms with Crippen LogP contribution in [0, 0.1) is 29.0 Å². The van der Waals surface area contributed by atoms with Crippen LogP contribution in [0.2, 0.25) is 0 Å². The lowest BCUT2D eigenvalue weighted by atomic mass is 10.0. The van der Waals surface area contributed by atoms with Gasteiger partial charge in [-0.05, 0) is 24.3 Å². The molecule has 0 aliphatic heterocycles. The van der Waals surface area contributed by atoms with E-state index < -0.39 is 29.3 Å². The SMILES string of the molecule is N#Cc1ccc(-c2cc(OC(F)(F)F)c[c]c2F)c(F)c1. The number of nitrogens with zero attached hydrogens (tertiary/aromatic N) is 1. The van der Waals surface area contributed by atoms with Gasteiger partial charge in [0, 0.05) is 17.2 Å². The maximum Gasteiger partial charge on any atom is 0.573 e. The topological polar surface area (TPSA) is 33.0 Å². The predicted octanol–water partition coefficient (Wildman–Crippen LogP) is 4.20. The molecule has 0 fully saturated rings. The molecule has 107 valence electrons. The molecule has 0 spiro atoms. The summed E-state index contributed by atoms with van der Waals surface area (Å²) in [6, 6.07) is 8.15. The average molecular weight is 298 g/mol. The number of nitriles is 1. The average Bonchev–Trinajstić information content (AvgIpc) is 2.39. The van der Waals surface area contributed by atoms with E-state index in [-0.39, 0.29) is 11.1 Å². The van der Waals surface area contributed by atoms with Crippen LogP contribution in [0.15, 0.2) is 30.3 Å². The molecule has 0 atom stereocenters. The molecule has 0 N–H and O–H groups in total. The van der Waals surface area contributed by atoms with Gasteiger partial charge < -0.3 is 4.74 Å². The molecule has 21 heavy (non-hydrogen) atoms. The number of benzene rings is 2. The highest BCUT2D eigenvalue weighted by molar-refractivity contribution is 5.67. The van der Waals surface area contributed by atoms with Crippen LogP contribution in [-0.4, -0.2) is 6.36 Å². The van der Waals surface area contributed by atoms with Gasteiger partial charge in [-0.3, -0.25) is 0 Å². The maximum absolute atomic E-state index is 13.8. The van der Waals surface area contributed by atoms with E-state index in [0.717, 1.165) is 12.1 Å². The summed E-state index contributed by atoms with van der Waals surface area (Å²) in [6.45, 7) is 0. The Kier molecular flexibility index (Phi) is 3.80. The minimum Gasteiger partial charge on any atom is -0.406 e. The molecule has 2 nitrogen and oxygen atoms in total. The van der Waals surface area contributed by atoms with E-state index in [4.69, 9.17) is 5.26 Å². The third kappa shape index (κ3) is 3.48. The van der Waals surface area contributed by atoms with Crippen molar-refractivity contribution in [3.63, 3.8) is 0 Å². The van der Waals surface area contributed by atoms with Gasteiger partial charge in [0.1, 0.15) is 17.4 Å². The van der Waals surface area contributed by atoms with Crippen LogP contribution in [0.1, 0.15) is 5.56 Å². The van der Waals surface area contributed by atoms with Crippen molar-refractivity contribution in [2.24, 2.45) is 0 Å². The standard InChI is InChI=1S/C14H5F5NO/c15-12-4-2-9(21-14(17,18)19)6-11(12)10-3-1-8(7-20)5-13(10)16/h1-3,5-6H. The third-order valence-corrected chi connectivity index (χ3v) is 2.49. The van der Waals surface area contributed by atoms with Crippen molar-refractivity contribution >= 4 is 0 Å². The van der Waals surface area contributed by atoms with Gasteiger partial charge in [0.25, 0.3) is 0 Å². The number of ether oxygens (including phenoxy) is 1. The number of hydrogen-bond acceptors (Lipinski definition) is 2. The first-order valence-corrected chi connectivity index (χ1v) is 5.47. The lowest BCUT2D eigenvalue weighted by molar-refractivity contribution is -0.274. The van der Waals surface area contributed by atoms with Crippen LogP contribution < -0.4 is 4.74 Å². The van der Waals surface area contributed by atoms with E-state index in [1.807, 2.05) is 6.07 Å². The summed E-state index contributed by atoms with van der Waals surface area (Å²) in [7, 11) is 0. The van der Waals surface area contributed by atoms with E-state index in [2.05, 4.69) is 4.74 Å². The Morgan fingerprint density at radius 2 is 1.81 bits per heavy atom. The molecule has 0 saturated heterocycles. The Labute approximate surface area is 116 Å². The molecular weight excluding hydrogens is 293 g/mol. The third-order valence-electron chi connectivity index (χ3n) is 2.49. The van der Waals surface area contributed by atoms with Crippen molar-refractivity contribution in [3.05, 3.63) is 53.6 Å². The second-order valence-corrected chi connectivity index (χ2v) is 3.92. The molecule has 0 unspecified atom stereocenters. The van der Waals surface area contributed by atoms with E-state index in [9.17, 15) is 22.0 Å². The highest BCUT2D eigenvalue weighted by Gasteiger charge is 2.31. The Balaban J connectivity index is 2.49. The van der Waals surface area contributed by atoms with E-state index in [0.29, 0.717) is 12.1 Å². The molecule has 0 amide bonds. The lowest BCUT2D eigenvalue weighted by Gasteiger charge is -2.11. The molecule has 2 rings (SSSR count). The molecule has 0 aliphatic rings. The van der Waals surface area contributed by atoms with Crippen LogP contribution in [0.3, 0.4) is 0 Å². The summed E-state index contributed by atoms with van der Waals surface area (Å²) < 4.78 is 67.4. The van der Waals surface area contributed by atoms with Crippen molar-refractivity contribution in [2.75, 3.05) is 0 Å². The molecular formula is C14H5F5NO. The Morgan fingerprint density at radius 1 is 1.10 bits per heavy atom. The monoisotopic (exact) mass is 298 g/mol. The number of rotatable bonds is 2. The van der Waals surface area contributed by atoms with Crippen LogP contribution >= 0.6 is 0 Å². The molecule has 0 bridgehead atoms. The lowest BCUT2D eigenvalue weighted by Crippen LogP contribution is -2.17. The normalized spacial score (nSPS) is 11.0. The molecule has 2 aromatic rings. The van der Waals surface area contributed by atoms with Crippen molar-refractivity contribution < 1.29 is 26.7 Å². The number of halogens is 5. The van der Waals surface area contributed by atoms with Gasteiger partial charge in [-0.15, -0.1) is 13.2 Å². The fourth-order valence-corrected chi connectivity index (χ4v) is 1.65. The summed E-state index contributed by atoms with van der Waals surface area (Å²) >= 11 is 0. The summed E-state index contributed by atoms with van der Waals surface area (Å²) in [5.74, 6) is -2.69. The zero-order valence-electron chi connectivity index (χ0n) is 10.1. The van der Waals surface area contributed by atoms with Gasteiger partial charge in [-0.2, -0.15) is 5.26 Å². The van der Waals surface area contributed by atoms with E-state index in [1.54, 1.807) is 6.07 Å². The van der Waals surface area contributed by atoms with Crippen LogP contribution in [0.25, 0.3) is 11.1 Å². The predicted molar refractivity (Wildman–Crippen MR) is 62.0 cm³/mol. The first-order valence-electron chi connectivity index (χ1n) is 5.47. The minimum atomic E-state index is -4.95. The van der Waals surface area contributed by atoms with Crippen LogP contribution in [0.5, 0.6) is 5.75 Å². The zero-order valence-corrected chi connectivity index (χ0v) is 10.1. The minimum absolute atomic E-state index is 0.00309. The van der Waals surface area contributed by atoms with Gasteiger partial charge in [0.15, 0.2) is 0 Å². The summed E-state index contributed by atoms with van der Waals surface area (Å²) in [6.07, 6.45) is -4.95. The highest BCUT2D eigenvalue weighted by Crippen LogP contribution is 2.31. The molecule has 0 aliphatic carbocycles. The van der Waals surface area contributed by atoms with Crippen molar-refractivity contribution in [3.8, 4) is 22.9 Å². The van der Waals surface area contributed by atoms with Gasteiger partial charge in [0.05, 0.1) is 11.6 Å². The smallest absolute Gasteiger partial charge is 0.406 e. The quantitative estimate of drug-likeness (QED) is 0.778. The molecule has 1 radical (unpaired) electrons. The Bertz CT molecular complexity index is 718. The second kappa shape index (κ2) is 5.40. The fraction of sp³-hybridized carbons (Fsp3) is 0.0714. The van der Waals surface area contributed by atoms with Crippen LogP contribution in [-0.2, 0) is 0 Å². The van der Waals surface area contributed by atoms with Crippen molar-refractivity contribution in [1.29, 1.82) is 5.26 Å². The Hall–Kier alpha value is -2.62. The molecule has 0 saturated carbocycles. The molecule has 2 aromatic carbocycles. The van der Waals surface area contributed by atoms with E-state index in [1.165, 1.54) is 6.07 Å². The van der Waals surface area contributed by atoms with Crippen molar-refractivity contribution in [2.45, 2.75) is 6.36 Å². The van der Waals surface area contributed by atoms with Crippen LogP contribution in [0.4, 0.5) is 22.0 Å². The summed E-state index contributed by atoms with van der Waals surface area (Å²) in [5, 5.41) is 8.61. The largest absolute Gasteiger partial charge is 0.573 e. The van der Waals surface area contributed by atoms with E-state index >= 15 is 0 Å². The molecule has 7 heteroatoms. The van der Waals surface area contributed by atoms with Gasteiger partial charge in [-0.25, -0.2) is 8.78 Å². The highest BCUT2D eigenvalue weighted by atomic mass is 19.4. The maximum atomic E-state index is 13.8. The molecule has 0 aromatic heterocycles. The van der Waals surface area contributed by atoms with Gasteiger partial charge >= 0.3 is 6.36 Å². The van der Waals surface area contributed by atoms with Crippen molar-refractivity contribution in [1.82, 2.24) is 0 Å². The number of hydrogen-bond donors (Lipinski definition) is 0. The number of alkyl halides is 3.